The van der Waals surface area contributed by atoms with Gasteiger partial charge in [-0.15, -0.1) is 0 Å². The van der Waals surface area contributed by atoms with Crippen LogP contribution in [0.3, 0.4) is 0 Å². The van der Waals surface area contributed by atoms with Gasteiger partial charge in [0.25, 0.3) is 5.91 Å². The molecular formula is C29H21Br2N3O3. The number of carbonyl (C=O) groups is 1. The lowest BCUT2D eigenvalue weighted by molar-refractivity contribution is -0.123. The van der Waals surface area contributed by atoms with Gasteiger partial charge in [-0.05, 0) is 84.1 Å². The van der Waals surface area contributed by atoms with Gasteiger partial charge in [-0.2, -0.15) is 5.10 Å². The third-order valence-corrected chi connectivity index (χ3v) is 6.75. The summed E-state index contributed by atoms with van der Waals surface area (Å²) in [6.07, 6.45) is 3.25. The number of ether oxygens (including phenoxy) is 2. The molecule has 0 bridgehead atoms. The fraction of sp³-hybridized carbons (Fsp3) is 0.0690. The standard InChI is InChI=1S/C29H21Br2N3O3/c30-24-14-20(15-25(31)29(24)37-17-19-10-11-21-5-1-2-6-23(21)13-19)16-33-34-27(35)18-36-26-9-3-7-22-8-4-12-32-28(22)26/h1-16H,17-18H2,(H,34,35)/b33-16+. The van der Waals surface area contributed by atoms with Gasteiger partial charge < -0.3 is 9.47 Å². The summed E-state index contributed by atoms with van der Waals surface area (Å²) in [5, 5.41) is 7.36. The molecule has 6 nitrogen and oxygen atoms in total. The Labute approximate surface area is 230 Å². The van der Waals surface area contributed by atoms with Crippen molar-refractivity contribution in [3.63, 3.8) is 0 Å². The number of fused-ring (bicyclic) bond motifs is 2. The molecule has 0 saturated heterocycles. The maximum Gasteiger partial charge on any atom is 0.277 e. The number of carbonyl (C=O) groups excluding carboxylic acids is 1. The number of hydrogen-bond acceptors (Lipinski definition) is 5. The Hall–Kier alpha value is -3.75. The Morgan fingerprint density at radius 1 is 0.865 bits per heavy atom. The zero-order chi connectivity index (χ0) is 25.6. The molecule has 37 heavy (non-hydrogen) atoms. The minimum atomic E-state index is -0.377. The van der Waals surface area contributed by atoms with Gasteiger partial charge in [0, 0.05) is 11.6 Å². The predicted molar refractivity (Wildman–Crippen MR) is 153 cm³/mol. The van der Waals surface area contributed by atoms with Crippen LogP contribution in [-0.4, -0.2) is 23.7 Å². The maximum atomic E-state index is 12.2. The second-order valence-electron chi connectivity index (χ2n) is 8.20. The van der Waals surface area contributed by atoms with Gasteiger partial charge in [0.05, 0.1) is 15.2 Å². The lowest BCUT2D eigenvalue weighted by Gasteiger charge is -2.12. The summed E-state index contributed by atoms with van der Waals surface area (Å²) in [4.78, 5) is 16.5. The highest BCUT2D eigenvalue weighted by atomic mass is 79.9. The Bertz CT molecular complexity index is 1590. The monoisotopic (exact) mass is 617 g/mol. The van der Waals surface area contributed by atoms with E-state index in [9.17, 15) is 4.79 Å². The molecule has 1 N–H and O–H groups in total. The molecule has 0 unspecified atom stereocenters. The Morgan fingerprint density at radius 2 is 1.62 bits per heavy atom. The molecule has 5 aromatic rings. The van der Waals surface area contributed by atoms with Gasteiger partial charge in [0.15, 0.2) is 6.61 Å². The molecule has 0 aliphatic heterocycles. The molecule has 0 fully saturated rings. The van der Waals surface area contributed by atoms with Gasteiger partial charge in [-0.25, -0.2) is 5.43 Å². The van der Waals surface area contributed by atoms with Gasteiger partial charge in [0.1, 0.15) is 23.6 Å². The first-order valence-corrected chi connectivity index (χ1v) is 13.0. The van der Waals surface area contributed by atoms with Crippen molar-refractivity contribution in [1.82, 2.24) is 10.4 Å². The SMILES string of the molecule is O=C(COc1cccc2cccnc12)N/N=C/c1cc(Br)c(OCc2ccc3ccccc3c2)c(Br)c1. The van der Waals surface area contributed by atoms with Crippen LogP contribution >= 0.6 is 31.9 Å². The lowest BCUT2D eigenvalue weighted by Crippen LogP contribution is -2.24. The van der Waals surface area contributed by atoms with E-state index in [1.54, 1.807) is 18.5 Å². The Kier molecular flexibility index (Phi) is 7.77. The van der Waals surface area contributed by atoms with Crippen molar-refractivity contribution in [2.75, 3.05) is 6.61 Å². The average Bonchev–Trinajstić information content (AvgIpc) is 2.91. The van der Waals surface area contributed by atoms with E-state index < -0.39 is 0 Å². The summed E-state index contributed by atoms with van der Waals surface area (Å²) in [6.45, 7) is 0.250. The number of benzene rings is 4. The molecule has 5 rings (SSSR count). The van der Waals surface area contributed by atoms with Crippen molar-refractivity contribution in [2.24, 2.45) is 5.10 Å². The first kappa shape index (κ1) is 24.9. The minimum Gasteiger partial charge on any atom is -0.487 e. The van der Waals surface area contributed by atoms with Crippen LogP contribution in [0.4, 0.5) is 0 Å². The van der Waals surface area contributed by atoms with E-state index >= 15 is 0 Å². The molecule has 0 atom stereocenters. The van der Waals surface area contributed by atoms with Crippen molar-refractivity contribution in [3.8, 4) is 11.5 Å². The molecule has 0 radical (unpaired) electrons. The van der Waals surface area contributed by atoms with E-state index in [2.05, 4.69) is 77.7 Å². The van der Waals surface area contributed by atoms with Crippen molar-refractivity contribution in [3.05, 3.63) is 111 Å². The molecule has 4 aromatic carbocycles. The van der Waals surface area contributed by atoms with Crippen LogP contribution in [0.1, 0.15) is 11.1 Å². The highest BCUT2D eigenvalue weighted by molar-refractivity contribution is 9.11. The van der Waals surface area contributed by atoms with Crippen molar-refractivity contribution >= 4 is 65.7 Å². The van der Waals surface area contributed by atoms with E-state index in [4.69, 9.17) is 9.47 Å². The van der Waals surface area contributed by atoms with Crippen molar-refractivity contribution < 1.29 is 14.3 Å². The van der Waals surface area contributed by atoms with E-state index in [0.29, 0.717) is 23.6 Å². The summed E-state index contributed by atoms with van der Waals surface area (Å²) in [6, 6.07) is 27.6. The van der Waals surface area contributed by atoms with E-state index in [-0.39, 0.29) is 12.5 Å². The maximum absolute atomic E-state index is 12.2. The molecule has 184 valence electrons. The number of pyridine rings is 1. The molecule has 0 spiro atoms. The molecule has 1 heterocycles. The molecule has 0 saturated carbocycles. The van der Waals surface area contributed by atoms with Crippen LogP contribution in [0, 0.1) is 0 Å². The summed E-state index contributed by atoms with van der Waals surface area (Å²) < 4.78 is 13.3. The first-order valence-electron chi connectivity index (χ1n) is 11.4. The van der Waals surface area contributed by atoms with Gasteiger partial charge >= 0.3 is 0 Å². The third-order valence-electron chi connectivity index (χ3n) is 5.57. The molecule has 1 aromatic heterocycles. The van der Waals surface area contributed by atoms with Crippen LogP contribution in [0.15, 0.2) is 105 Å². The van der Waals surface area contributed by atoms with Gasteiger partial charge in [-0.1, -0.05) is 54.6 Å². The van der Waals surface area contributed by atoms with Gasteiger partial charge in [0.2, 0.25) is 0 Å². The fourth-order valence-corrected chi connectivity index (χ4v) is 5.27. The predicted octanol–water partition coefficient (Wildman–Crippen LogP) is 7.02. The molecule has 8 heteroatoms. The number of aromatic nitrogens is 1. The zero-order valence-corrected chi connectivity index (χ0v) is 22.7. The van der Waals surface area contributed by atoms with Crippen LogP contribution in [-0.2, 0) is 11.4 Å². The smallest absolute Gasteiger partial charge is 0.277 e. The third kappa shape index (κ3) is 6.15. The normalized spacial score (nSPS) is 11.2. The quantitative estimate of drug-likeness (QED) is 0.150. The zero-order valence-electron chi connectivity index (χ0n) is 19.5. The van der Waals surface area contributed by atoms with E-state index in [1.165, 1.54) is 10.8 Å². The highest BCUT2D eigenvalue weighted by Gasteiger charge is 2.10. The molecule has 0 aliphatic rings. The summed E-state index contributed by atoms with van der Waals surface area (Å²) >= 11 is 7.15. The number of nitrogens with zero attached hydrogens (tertiary/aromatic N) is 2. The fourth-order valence-electron chi connectivity index (χ4n) is 3.82. The number of amides is 1. The summed E-state index contributed by atoms with van der Waals surface area (Å²) in [5.41, 5.74) is 5.05. The Balaban J connectivity index is 1.17. The lowest BCUT2D eigenvalue weighted by atomic mass is 10.1. The van der Waals surface area contributed by atoms with Gasteiger partial charge in [-0.3, -0.25) is 9.78 Å². The van der Waals surface area contributed by atoms with Crippen LogP contribution in [0.2, 0.25) is 0 Å². The second kappa shape index (κ2) is 11.5. The highest BCUT2D eigenvalue weighted by Crippen LogP contribution is 2.35. The number of rotatable bonds is 8. The van der Waals surface area contributed by atoms with E-state index in [0.717, 1.165) is 25.5 Å². The first-order chi connectivity index (χ1) is 18.1. The second-order valence-corrected chi connectivity index (χ2v) is 9.91. The van der Waals surface area contributed by atoms with E-state index in [1.807, 2.05) is 48.5 Å². The van der Waals surface area contributed by atoms with Crippen LogP contribution in [0.25, 0.3) is 21.7 Å². The Morgan fingerprint density at radius 3 is 2.46 bits per heavy atom. The molecular weight excluding hydrogens is 598 g/mol. The minimum absolute atomic E-state index is 0.179. The summed E-state index contributed by atoms with van der Waals surface area (Å²) in [5.74, 6) is 0.855. The topological polar surface area (TPSA) is 72.8 Å². The average molecular weight is 619 g/mol. The number of hydrazone groups is 1. The van der Waals surface area contributed by atoms with Crippen LogP contribution in [0.5, 0.6) is 11.5 Å². The number of halogens is 2. The molecule has 0 aliphatic carbocycles. The molecule has 1 amide bonds. The summed E-state index contributed by atoms with van der Waals surface area (Å²) in [7, 11) is 0. The van der Waals surface area contributed by atoms with Crippen molar-refractivity contribution in [2.45, 2.75) is 6.61 Å². The van der Waals surface area contributed by atoms with Crippen LogP contribution < -0.4 is 14.9 Å². The largest absolute Gasteiger partial charge is 0.487 e. The number of hydrogen-bond donors (Lipinski definition) is 1. The number of nitrogens with one attached hydrogen (secondary N) is 1. The van der Waals surface area contributed by atoms with Crippen molar-refractivity contribution in [1.29, 1.82) is 0 Å². The number of para-hydroxylation sites is 1.